The third-order valence-electron chi connectivity index (χ3n) is 3.78. The molecular weight excluding hydrogens is 173 g/mol. The van der Waals surface area contributed by atoms with Crippen LogP contribution >= 0.6 is 0 Å². The van der Waals surface area contributed by atoms with Crippen molar-refractivity contribution in [2.45, 2.75) is 52.4 Å². The van der Waals surface area contributed by atoms with Gasteiger partial charge in [-0.3, -0.25) is 0 Å². The van der Waals surface area contributed by atoms with Gasteiger partial charge in [0.15, 0.2) is 0 Å². The van der Waals surface area contributed by atoms with Crippen LogP contribution in [0.25, 0.3) is 0 Å². The minimum Gasteiger partial charge on any atom is -0.472 e. The maximum Gasteiger partial charge on any atom is 0.124 e. The summed E-state index contributed by atoms with van der Waals surface area (Å²) in [5.41, 5.74) is 0. The van der Waals surface area contributed by atoms with Gasteiger partial charge < -0.3 is 10.5 Å². The molecule has 0 radical (unpaired) electrons. The van der Waals surface area contributed by atoms with Gasteiger partial charge in [-0.2, -0.15) is 17.9 Å². The summed E-state index contributed by atoms with van der Waals surface area (Å²) in [6.07, 6.45) is 1.59. The maximum absolute atomic E-state index is 9.02. The number of nitrogens with one attached hydrogen (secondary N) is 2. The van der Waals surface area contributed by atoms with E-state index in [4.69, 9.17) is 5.26 Å². The Labute approximate surface area is 87.2 Å². The minimum absolute atomic E-state index is 0.0862. The molecule has 14 heavy (non-hydrogen) atoms. The van der Waals surface area contributed by atoms with Crippen molar-refractivity contribution >= 4 is 6.42 Å². The number of rotatable bonds is 2. The van der Waals surface area contributed by atoms with E-state index in [2.05, 4.69) is 44.2 Å². The van der Waals surface area contributed by atoms with E-state index in [-0.39, 0.29) is 5.92 Å². The predicted molar refractivity (Wildman–Crippen MR) is 61.0 cm³/mol. The third kappa shape index (κ3) is 1.94. The molecular formula is C10H21BN3-. The summed E-state index contributed by atoms with van der Waals surface area (Å²) in [4.78, 5) is 0. The van der Waals surface area contributed by atoms with Crippen LogP contribution in [0.2, 0.25) is 12.6 Å². The Bertz CT molecular complexity index is 218. The second kappa shape index (κ2) is 4.33. The molecule has 1 saturated heterocycles. The fourth-order valence-electron chi connectivity index (χ4n) is 2.68. The monoisotopic (exact) mass is 194 g/mol. The minimum atomic E-state index is -0.641. The smallest absolute Gasteiger partial charge is 0.124 e. The predicted octanol–water partition coefficient (Wildman–Crippen LogP) is 1.58. The Balaban J connectivity index is 2.78. The summed E-state index contributed by atoms with van der Waals surface area (Å²) < 4.78 is 0. The van der Waals surface area contributed by atoms with Gasteiger partial charge in [0.05, 0.1) is 12.0 Å². The van der Waals surface area contributed by atoms with Gasteiger partial charge in [0, 0.05) is 0 Å². The molecule has 0 aromatic rings. The molecule has 2 N–H and O–H groups in total. The van der Waals surface area contributed by atoms with Crippen molar-refractivity contribution in [3.63, 3.8) is 0 Å². The van der Waals surface area contributed by atoms with Crippen molar-refractivity contribution in [3.05, 3.63) is 0 Å². The van der Waals surface area contributed by atoms with Gasteiger partial charge >= 0.3 is 0 Å². The molecule has 0 spiro atoms. The first-order valence-corrected chi connectivity index (χ1v) is 5.72. The first-order chi connectivity index (χ1) is 6.58. The van der Waals surface area contributed by atoms with Crippen LogP contribution in [0.15, 0.2) is 0 Å². The molecule has 1 heterocycles. The van der Waals surface area contributed by atoms with Crippen LogP contribution in [0.3, 0.4) is 0 Å². The highest BCUT2D eigenvalue weighted by atomic mass is 15.1. The highest BCUT2D eigenvalue weighted by Crippen LogP contribution is 2.21. The van der Waals surface area contributed by atoms with Gasteiger partial charge in [0.2, 0.25) is 0 Å². The van der Waals surface area contributed by atoms with E-state index in [1.165, 1.54) is 0 Å². The van der Waals surface area contributed by atoms with E-state index in [1.807, 2.05) is 0 Å². The molecule has 4 heteroatoms. The van der Waals surface area contributed by atoms with Crippen LogP contribution in [0.1, 0.15) is 27.7 Å². The summed E-state index contributed by atoms with van der Waals surface area (Å²) in [6, 6.07) is 2.98. The molecule has 1 fully saturated rings. The normalized spacial score (nSPS) is 36.4. The number of nitrogens with zero attached hydrogens (tertiary/aromatic N) is 1. The molecule has 2 unspecified atom stereocenters. The van der Waals surface area contributed by atoms with Crippen molar-refractivity contribution in [2.75, 3.05) is 0 Å². The second-order valence-corrected chi connectivity index (χ2v) is 4.63. The van der Waals surface area contributed by atoms with Crippen molar-refractivity contribution in [1.82, 2.24) is 10.5 Å². The van der Waals surface area contributed by atoms with E-state index in [0.29, 0.717) is 12.1 Å². The summed E-state index contributed by atoms with van der Waals surface area (Å²) in [5.74, 6) is 0.0862. The largest absolute Gasteiger partial charge is 0.472 e. The molecule has 2 atom stereocenters. The van der Waals surface area contributed by atoms with Crippen LogP contribution in [-0.4, -0.2) is 18.5 Å². The molecule has 0 aliphatic carbocycles. The Morgan fingerprint density at radius 2 is 1.57 bits per heavy atom. The van der Waals surface area contributed by atoms with Crippen LogP contribution < -0.4 is 10.5 Å². The molecule has 0 bridgehead atoms. The van der Waals surface area contributed by atoms with Crippen molar-refractivity contribution in [2.24, 2.45) is 5.92 Å². The summed E-state index contributed by atoms with van der Waals surface area (Å²) in [7, 11) is 0. The van der Waals surface area contributed by atoms with Crippen LogP contribution in [-0.2, 0) is 0 Å². The van der Waals surface area contributed by atoms with Crippen molar-refractivity contribution < 1.29 is 0 Å². The van der Waals surface area contributed by atoms with E-state index < -0.39 is 6.42 Å². The average molecular weight is 194 g/mol. The quantitative estimate of drug-likeness (QED) is 0.656. The van der Waals surface area contributed by atoms with Crippen molar-refractivity contribution in [1.29, 1.82) is 5.26 Å². The van der Waals surface area contributed by atoms with Crippen LogP contribution in [0, 0.1) is 17.2 Å². The zero-order chi connectivity index (χ0) is 10.8. The lowest BCUT2D eigenvalue weighted by Gasteiger charge is -2.53. The Morgan fingerprint density at radius 1 is 1.14 bits per heavy atom. The first kappa shape index (κ1) is 11.5. The van der Waals surface area contributed by atoms with Crippen molar-refractivity contribution in [3.8, 4) is 6.07 Å². The van der Waals surface area contributed by atoms with E-state index in [9.17, 15) is 0 Å². The van der Waals surface area contributed by atoms with Crippen LogP contribution in [0.5, 0.6) is 0 Å². The fraction of sp³-hybridized carbons (Fsp3) is 0.900. The second-order valence-electron chi connectivity index (χ2n) is 4.63. The van der Waals surface area contributed by atoms with Crippen LogP contribution in [0.4, 0.5) is 0 Å². The van der Waals surface area contributed by atoms with Gasteiger partial charge in [-0.05, 0) is 12.1 Å². The molecule has 0 aromatic carbocycles. The van der Waals surface area contributed by atoms with Gasteiger partial charge in [-0.25, -0.2) is 0 Å². The Kier molecular flexibility index (Phi) is 3.57. The molecule has 1 aliphatic rings. The summed E-state index contributed by atoms with van der Waals surface area (Å²) in [5, 5.41) is 16.2. The van der Waals surface area contributed by atoms with Gasteiger partial charge in [0.25, 0.3) is 0 Å². The topological polar surface area (TPSA) is 47.9 Å². The Morgan fingerprint density at radius 3 is 1.86 bits per heavy atom. The highest BCUT2D eigenvalue weighted by molar-refractivity contribution is 6.75. The van der Waals surface area contributed by atoms with Gasteiger partial charge in [-0.1, -0.05) is 27.7 Å². The number of hydrogen-bond acceptors (Lipinski definition) is 3. The van der Waals surface area contributed by atoms with Gasteiger partial charge in [0.1, 0.15) is 6.42 Å². The van der Waals surface area contributed by atoms with E-state index in [0.717, 1.165) is 12.6 Å². The molecule has 1 rings (SSSR count). The first-order valence-electron chi connectivity index (χ1n) is 5.72. The Hall–Kier alpha value is -0.525. The average Bonchev–Trinajstić information content (AvgIpc) is 2.17. The number of nitriles is 1. The molecule has 1 aliphatic heterocycles. The zero-order valence-corrected chi connectivity index (χ0v) is 9.67. The lowest BCUT2D eigenvalue weighted by Crippen LogP contribution is -2.73. The maximum atomic E-state index is 9.02. The van der Waals surface area contributed by atoms with E-state index >= 15 is 0 Å². The lowest BCUT2D eigenvalue weighted by molar-refractivity contribution is 0.374. The number of hydrogen-bond donors (Lipinski definition) is 2. The molecule has 0 amide bonds. The summed E-state index contributed by atoms with van der Waals surface area (Å²) in [6.45, 7) is 8.64. The standard InChI is InChI=1S/C10H21BN3/c1-5-11(6-2)13-8(3)10(7-12)9(4)14-11/h8-10,13-14H,5-6H2,1-4H3/q-1. The molecule has 80 valence electrons. The third-order valence-corrected chi connectivity index (χ3v) is 3.78. The van der Waals surface area contributed by atoms with Gasteiger partial charge in [-0.15, -0.1) is 0 Å². The lowest BCUT2D eigenvalue weighted by atomic mass is 9.40. The SMILES string of the molecule is CC[B-]1(CC)NC(C)C(C#N)C(C)N1. The molecule has 0 aromatic heterocycles. The fourth-order valence-corrected chi connectivity index (χ4v) is 2.68. The summed E-state index contributed by atoms with van der Waals surface area (Å²) >= 11 is 0. The van der Waals surface area contributed by atoms with E-state index in [1.54, 1.807) is 0 Å². The molecule has 3 nitrogen and oxygen atoms in total. The highest BCUT2D eigenvalue weighted by Gasteiger charge is 2.35. The molecule has 0 saturated carbocycles. The zero-order valence-electron chi connectivity index (χ0n) is 9.67.